The Morgan fingerprint density at radius 1 is 0.879 bits per heavy atom. The van der Waals surface area contributed by atoms with E-state index in [1.165, 1.54) is 0 Å². The first-order valence-corrected chi connectivity index (χ1v) is 11.7. The molecule has 1 aliphatic rings. The van der Waals surface area contributed by atoms with Gasteiger partial charge in [0.25, 0.3) is 0 Å². The molecule has 0 radical (unpaired) electrons. The smallest absolute Gasteiger partial charge is 0.330 e. The lowest BCUT2D eigenvalue weighted by Gasteiger charge is -2.35. The summed E-state index contributed by atoms with van der Waals surface area (Å²) < 4.78 is -1.68. The molecular formula is C27H23IN2O3. The number of azo groups is 1. The highest BCUT2D eigenvalue weighted by Crippen LogP contribution is 2.46. The van der Waals surface area contributed by atoms with Crippen molar-refractivity contribution in [2.24, 2.45) is 10.2 Å². The maximum Gasteiger partial charge on any atom is 0.330 e. The number of rotatable bonds is 7. The molecule has 6 heteroatoms. The van der Waals surface area contributed by atoms with Gasteiger partial charge in [0.05, 0.1) is 5.69 Å². The van der Waals surface area contributed by atoms with Gasteiger partial charge in [-0.25, -0.2) is 0 Å². The number of hydrogen-bond acceptors (Lipinski definition) is 4. The fourth-order valence-corrected chi connectivity index (χ4v) is 4.68. The average Bonchev–Trinajstić information content (AvgIpc) is 2.86. The highest BCUT2D eigenvalue weighted by Gasteiger charge is 2.53. The van der Waals surface area contributed by atoms with Gasteiger partial charge in [0.1, 0.15) is 11.8 Å². The number of nitrogens with zero attached hydrogens (tertiary/aromatic N) is 2. The Morgan fingerprint density at radius 2 is 1.45 bits per heavy atom. The van der Waals surface area contributed by atoms with Crippen molar-refractivity contribution < 1.29 is 15.0 Å². The number of halogens is 1. The van der Waals surface area contributed by atoms with E-state index in [0.29, 0.717) is 29.7 Å². The molecule has 5 nitrogen and oxygen atoms in total. The van der Waals surface area contributed by atoms with Gasteiger partial charge in [0.2, 0.25) is 3.42 Å². The molecular weight excluding hydrogens is 527 g/mol. The predicted octanol–water partition coefficient (Wildman–Crippen LogP) is 6.94. The molecule has 0 saturated heterocycles. The highest BCUT2D eigenvalue weighted by atomic mass is 127. The number of aliphatic hydroxyl groups excluding tert-OH is 1. The van der Waals surface area contributed by atoms with Crippen LogP contribution >= 0.6 is 22.6 Å². The van der Waals surface area contributed by atoms with Crippen LogP contribution in [0.4, 0.5) is 5.69 Å². The zero-order chi connectivity index (χ0) is 23.3. The normalized spacial score (nSPS) is 20.6. The van der Waals surface area contributed by atoms with Crippen molar-refractivity contribution in [3.63, 3.8) is 0 Å². The second-order valence-corrected chi connectivity index (χ2v) is 9.50. The van der Waals surface area contributed by atoms with Gasteiger partial charge in [-0.1, -0.05) is 101 Å². The van der Waals surface area contributed by atoms with Crippen LogP contribution in [0.15, 0.2) is 119 Å². The second kappa shape index (κ2) is 10.1. The summed E-state index contributed by atoms with van der Waals surface area (Å²) in [7, 11) is 0. The first-order chi connectivity index (χ1) is 16.0. The van der Waals surface area contributed by atoms with Crippen LogP contribution in [-0.4, -0.2) is 25.6 Å². The number of carbonyl (C=O) groups is 1. The first-order valence-electron chi connectivity index (χ1n) is 10.6. The lowest BCUT2D eigenvalue weighted by molar-refractivity contribution is -0.139. The van der Waals surface area contributed by atoms with Crippen molar-refractivity contribution in [3.8, 4) is 0 Å². The molecule has 33 heavy (non-hydrogen) atoms. The van der Waals surface area contributed by atoms with Gasteiger partial charge in [0, 0.05) is 0 Å². The predicted molar refractivity (Wildman–Crippen MR) is 138 cm³/mol. The third kappa shape index (κ3) is 4.90. The van der Waals surface area contributed by atoms with Crippen molar-refractivity contribution >= 4 is 39.8 Å². The maximum atomic E-state index is 12.6. The summed E-state index contributed by atoms with van der Waals surface area (Å²) in [4.78, 5) is 12.6. The van der Waals surface area contributed by atoms with Crippen LogP contribution in [0.25, 0.3) is 5.57 Å². The molecule has 3 aromatic carbocycles. The monoisotopic (exact) mass is 550 g/mol. The summed E-state index contributed by atoms with van der Waals surface area (Å²) in [6, 6.07) is 27.8. The van der Waals surface area contributed by atoms with E-state index in [0.717, 1.165) is 11.1 Å². The number of allylic oxidation sites excluding steroid dienone is 2. The van der Waals surface area contributed by atoms with E-state index in [2.05, 4.69) is 10.2 Å². The van der Waals surface area contributed by atoms with Crippen LogP contribution in [0.2, 0.25) is 0 Å². The van der Waals surface area contributed by atoms with Gasteiger partial charge in [0.15, 0.2) is 0 Å². The van der Waals surface area contributed by atoms with Gasteiger partial charge >= 0.3 is 5.97 Å². The number of benzene rings is 3. The molecule has 2 N–H and O–H groups in total. The lowest BCUT2D eigenvalue weighted by Crippen LogP contribution is -2.47. The quantitative estimate of drug-likeness (QED) is 0.190. The maximum absolute atomic E-state index is 12.6. The van der Waals surface area contributed by atoms with Crippen LogP contribution in [0, 0.1) is 0 Å². The van der Waals surface area contributed by atoms with Crippen molar-refractivity contribution in [1.82, 2.24) is 0 Å². The third-order valence-electron chi connectivity index (χ3n) is 5.64. The van der Waals surface area contributed by atoms with E-state index in [1.54, 1.807) is 12.1 Å². The summed E-state index contributed by atoms with van der Waals surface area (Å²) in [6.07, 6.45) is 3.07. The Balaban J connectivity index is 1.79. The fourth-order valence-electron chi connectivity index (χ4n) is 3.88. The minimum absolute atomic E-state index is 0.178. The van der Waals surface area contributed by atoms with Crippen molar-refractivity contribution in [2.45, 2.75) is 22.3 Å². The van der Waals surface area contributed by atoms with Crippen molar-refractivity contribution in [2.75, 3.05) is 0 Å². The van der Waals surface area contributed by atoms with Crippen LogP contribution in [0.5, 0.6) is 0 Å². The Kier molecular flexibility index (Phi) is 7.03. The minimum atomic E-state index is -1.68. The van der Waals surface area contributed by atoms with Crippen LogP contribution in [0.3, 0.4) is 0 Å². The molecule has 0 bridgehead atoms. The summed E-state index contributed by atoms with van der Waals surface area (Å²) in [6.45, 7) is 0. The van der Waals surface area contributed by atoms with E-state index in [9.17, 15) is 15.0 Å². The number of aryl methyl sites for hydroxylation is 1. The number of carboxylic acid groups (broad SMARTS) is 1. The molecule has 1 aliphatic carbocycles. The minimum Gasteiger partial charge on any atom is -0.510 e. The molecule has 0 aliphatic heterocycles. The highest BCUT2D eigenvalue weighted by molar-refractivity contribution is 14.1. The van der Waals surface area contributed by atoms with Crippen LogP contribution in [-0.2, 0) is 11.2 Å². The molecule has 0 aromatic heterocycles. The lowest BCUT2D eigenvalue weighted by atomic mass is 9.80. The van der Waals surface area contributed by atoms with E-state index in [-0.39, 0.29) is 5.76 Å². The van der Waals surface area contributed by atoms with E-state index in [1.807, 2.05) is 108 Å². The average molecular weight is 550 g/mol. The van der Waals surface area contributed by atoms with Gasteiger partial charge < -0.3 is 10.2 Å². The van der Waals surface area contributed by atoms with E-state index in [4.69, 9.17) is 0 Å². The zero-order valence-electron chi connectivity index (χ0n) is 17.8. The molecule has 0 fully saturated rings. The molecule has 3 aromatic rings. The van der Waals surface area contributed by atoms with Crippen molar-refractivity contribution in [1.29, 1.82) is 0 Å². The Hall–Kier alpha value is -3.26. The molecule has 4 rings (SSSR count). The number of carboxylic acids is 1. The summed E-state index contributed by atoms with van der Waals surface area (Å²) >= 11 is 1.82. The Bertz CT molecular complexity index is 1210. The fraction of sp³-hybridized carbons (Fsp3) is 0.148. The molecule has 166 valence electrons. The number of alkyl halides is 1. The number of aliphatic hydroxyl groups is 1. The van der Waals surface area contributed by atoms with Gasteiger partial charge in [-0.3, -0.25) is 4.79 Å². The summed E-state index contributed by atoms with van der Waals surface area (Å²) in [5.74, 6) is -1.33. The molecule has 0 saturated carbocycles. The molecule has 0 heterocycles. The van der Waals surface area contributed by atoms with Crippen molar-refractivity contribution in [3.05, 3.63) is 120 Å². The molecule has 2 unspecified atom stereocenters. The summed E-state index contributed by atoms with van der Waals surface area (Å²) in [5, 5.41) is 30.3. The van der Waals surface area contributed by atoms with E-state index < -0.39 is 15.4 Å². The number of aliphatic carboxylic acids is 1. The van der Waals surface area contributed by atoms with Gasteiger partial charge in [-0.05, 0) is 53.3 Å². The Labute approximate surface area is 206 Å². The molecule has 0 amide bonds. The van der Waals surface area contributed by atoms with Crippen LogP contribution < -0.4 is 0 Å². The molecule has 2 atom stereocenters. The van der Waals surface area contributed by atoms with Crippen LogP contribution in [0.1, 0.15) is 17.5 Å². The first kappa shape index (κ1) is 22.9. The number of hydrogen-bond donors (Lipinski definition) is 2. The molecule has 0 spiro atoms. The Morgan fingerprint density at radius 3 is 2.06 bits per heavy atom. The summed E-state index contributed by atoms with van der Waals surface area (Å²) in [5.41, 5.74) is 3.90. The topological polar surface area (TPSA) is 82.2 Å². The zero-order valence-corrected chi connectivity index (χ0v) is 20.0. The third-order valence-corrected chi connectivity index (χ3v) is 7.20. The second-order valence-electron chi connectivity index (χ2n) is 7.80. The SMILES string of the molecule is O=C(O)C1(I)C(O)=C(CCc2ccccc2)C=C(c2ccccc2)C1N=Nc1ccccc1. The van der Waals surface area contributed by atoms with Gasteiger partial charge in [-0.15, -0.1) is 0 Å². The van der Waals surface area contributed by atoms with Gasteiger partial charge in [-0.2, -0.15) is 10.2 Å². The van der Waals surface area contributed by atoms with E-state index >= 15 is 0 Å². The standard InChI is InChI=1S/C27H23IN2O3/c28-27(26(32)33)24(30-29-22-14-8-3-9-15-22)23(20-12-6-2-7-13-20)18-21(25(27)31)17-16-19-10-4-1-5-11-19/h1-15,18,24,31H,16-17H2,(H,32,33). The largest absolute Gasteiger partial charge is 0.510 e.